The summed E-state index contributed by atoms with van der Waals surface area (Å²) in [5, 5.41) is 0. The largest absolute Gasteiger partial charge is 0.0826 e. The maximum absolute atomic E-state index is 2.62. The van der Waals surface area contributed by atoms with Gasteiger partial charge in [0.2, 0.25) is 0 Å². The number of alkyl halides is 1. The normalized spacial score (nSPS) is 49.7. The van der Waals surface area contributed by atoms with Crippen LogP contribution in [-0.4, -0.2) is 3.92 Å². The van der Waals surface area contributed by atoms with Crippen molar-refractivity contribution in [3.05, 3.63) is 0 Å². The van der Waals surface area contributed by atoms with Crippen LogP contribution in [0.5, 0.6) is 0 Å². The van der Waals surface area contributed by atoms with Gasteiger partial charge in [0.25, 0.3) is 0 Å². The van der Waals surface area contributed by atoms with Crippen LogP contribution < -0.4 is 0 Å². The summed E-state index contributed by atoms with van der Waals surface area (Å²) in [6, 6.07) is 0. The molecule has 1 heteroatoms. The first-order chi connectivity index (χ1) is 4.36. The van der Waals surface area contributed by atoms with Crippen LogP contribution in [-0.2, 0) is 0 Å². The summed E-state index contributed by atoms with van der Waals surface area (Å²) in [7, 11) is 0. The Kier molecular flexibility index (Phi) is 1.72. The lowest BCUT2D eigenvalue weighted by Gasteiger charge is -2.04. The second kappa shape index (κ2) is 2.40. The zero-order chi connectivity index (χ0) is 6.27. The summed E-state index contributed by atoms with van der Waals surface area (Å²) in [5.74, 6) is 2.29. The van der Waals surface area contributed by atoms with Gasteiger partial charge in [-0.2, -0.15) is 0 Å². The fraction of sp³-hybridized carbons (Fsp3) is 1.00. The van der Waals surface area contributed by atoms with Gasteiger partial charge in [0.15, 0.2) is 0 Å². The van der Waals surface area contributed by atoms with Gasteiger partial charge in [0.05, 0.1) is 0 Å². The zero-order valence-corrected chi connectivity index (χ0v) is 7.80. The Hall–Kier alpha value is 0.730. The lowest BCUT2D eigenvalue weighted by atomic mass is 10.0. The van der Waals surface area contributed by atoms with E-state index in [0.717, 1.165) is 15.8 Å². The van der Waals surface area contributed by atoms with Crippen molar-refractivity contribution in [2.24, 2.45) is 11.8 Å². The number of fused-ring (bicyclic) bond motifs is 1. The highest BCUT2D eigenvalue weighted by atomic mass is 127. The van der Waals surface area contributed by atoms with Crippen LogP contribution in [0, 0.1) is 11.8 Å². The van der Waals surface area contributed by atoms with Crippen molar-refractivity contribution in [3.63, 3.8) is 0 Å². The molecular formula is C8H13I. The Labute approximate surface area is 70.5 Å². The van der Waals surface area contributed by atoms with Crippen molar-refractivity contribution in [2.45, 2.75) is 36.0 Å². The SMILES string of the molecule is I[C@@H]1CC2CCC[C@@H]2C1. The van der Waals surface area contributed by atoms with E-state index >= 15 is 0 Å². The molecular weight excluding hydrogens is 223 g/mol. The lowest BCUT2D eigenvalue weighted by molar-refractivity contribution is 0.457. The first-order valence-corrected chi connectivity index (χ1v) is 5.25. The predicted octanol–water partition coefficient (Wildman–Crippen LogP) is 3.00. The van der Waals surface area contributed by atoms with Gasteiger partial charge in [-0.15, -0.1) is 0 Å². The van der Waals surface area contributed by atoms with E-state index in [2.05, 4.69) is 22.6 Å². The molecule has 0 heterocycles. The number of hydrogen-bond acceptors (Lipinski definition) is 0. The monoisotopic (exact) mass is 236 g/mol. The van der Waals surface area contributed by atoms with Gasteiger partial charge >= 0.3 is 0 Å². The maximum Gasteiger partial charge on any atom is 0.0115 e. The van der Waals surface area contributed by atoms with Gasteiger partial charge in [-0.1, -0.05) is 41.9 Å². The summed E-state index contributed by atoms with van der Waals surface area (Å²) in [6.07, 6.45) is 7.68. The highest BCUT2D eigenvalue weighted by Gasteiger charge is 2.35. The van der Waals surface area contributed by atoms with Gasteiger partial charge in [0.1, 0.15) is 0 Å². The van der Waals surface area contributed by atoms with E-state index in [9.17, 15) is 0 Å². The molecule has 0 bridgehead atoms. The fourth-order valence-corrected chi connectivity index (χ4v) is 3.79. The summed E-state index contributed by atoms with van der Waals surface area (Å²) >= 11 is 2.62. The standard InChI is InChI=1S/C8H13I/c9-8-4-6-2-1-3-7(6)5-8/h6-8H,1-5H2/t6-,7?,8+/m1/s1. The maximum atomic E-state index is 2.62. The van der Waals surface area contributed by atoms with E-state index in [1.54, 1.807) is 12.8 Å². The van der Waals surface area contributed by atoms with E-state index in [4.69, 9.17) is 0 Å². The summed E-state index contributed by atoms with van der Waals surface area (Å²) in [5.41, 5.74) is 0. The van der Waals surface area contributed by atoms with Gasteiger partial charge in [-0.3, -0.25) is 0 Å². The van der Waals surface area contributed by atoms with Crippen LogP contribution in [0.1, 0.15) is 32.1 Å². The molecule has 0 N–H and O–H groups in total. The molecule has 0 aromatic carbocycles. The summed E-state index contributed by atoms with van der Waals surface area (Å²) < 4.78 is 1.03. The number of hydrogen-bond donors (Lipinski definition) is 0. The molecule has 1 unspecified atom stereocenters. The molecule has 3 atom stereocenters. The van der Waals surface area contributed by atoms with Crippen LogP contribution in [0.2, 0.25) is 0 Å². The van der Waals surface area contributed by atoms with Gasteiger partial charge < -0.3 is 0 Å². The van der Waals surface area contributed by atoms with Crippen LogP contribution in [0.3, 0.4) is 0 Å². The Morgan fingerprint density at radius 1 is 1.00 bits per heavy atom. The van der Waals surface area contributed by atoms with E-state index in [-0.39, 0.29) is 0 Å². The third kappa shape index (κ3) is 1.13. The molecule has 2 saturated carbocycles. The summed E-state index contributed by atoms with van der Waals surface area (Å²) in [6.45, 7) is 0. The second-order valence-electron chi connectivity index (χ2n) is 3.52. The Morgan fingerprint density at radius 2 is 1.56 bits per heavy atom. The van der Waals surface area contributed by atoms with Gasteiger partial charge in [0, 0.05) is 3.92 Å². The number of rotatable bonds is 0. The van der Waals surface area contributed by atoms with E-state index < -0.39 is 0 Å². The molecule has 2 rings (SSSR count). The molecule has 0 aliphatic heterocycles. The average molecular weight is 236 g/mol. The predicted molar refractivity (Wildman–Crippen MR) is 47.9 cm³/mol. The molecule has 0 amide bonds. The van der Waals surface area contributed by atoms with Crippen LogP contribution in [0.4, 0.5) is 0 Å². The zero-order valence-electron chi connectivity index (χ0n) is 5.65. The first kappa shape index (κ1) is 6.44. The minimum absolute atomic E-state index is 1.03. The van der Waals surface area contributed by atoms with Crippen molar-refractivity contribution >= 4 is 22.6 Å². The van der Waals surface area contributed by atoms with Crippen LogP contribution in [0.15, 0.2) is 0 Å². The fourth-order valence-electron chi connectivity index (χ4n) is 2.49. The van der Waals surface area contributed by atoms with Crippen molar-refractivity contribution in [1.29, 1.82) is 0 Å². The Bertz CT molecular complexity index is 99.1. The molecule has 0 nitrogen and oxygen atoms in total. The molecule has 0 radical (unpaired) electrons. The average Bonchev–Trinajstić information content (AvgIpc) is 2.22. The highest BCUT2D eigenvalue weighted by Crippen LogP contribution is 2.46. The van der Waals surface area contributed by atoms with E-state index in [1.807, 2.05) is 0 Å². The molecule has 0 aromatic rings. The van der Waals surface area contributed by atoms with Gasteiger partial charge in [-0.25, -0.2) is 0 Å². The molecule has 2 aliphatic rings. The Balaban J connectivity index is 2.02. The molecule has 2 aliphatic carbocycles. The first-order valence-electron chi connectivity index (χ1n) is 4.00. The minimum Gasteiger partial charge on any atom is -0.0826 e. The van der Waals surface area contributed by atoms with Gasteiger partial charge in [-0.05, 0) is 24.7 Å². The molecule has 52 valence electrons. The van der Waals surface area contributed by atoms with Crippen molar-refractivity contribution in [2.75, 3.05) is 0 Å². The number of halogens is 1. The minimum atomic E-state index is 1.03. The highest BCUT2D eigenvalue weighted by molar-refractivity contribution is 14.1. The van der Waals surface area contributed by atoms with Crippen molar-refractivity contribution < 1.29 is 0 Å². The molecule has 0 saturated heterocycles. The quantitative estimate of drug-likeness (QED) is 0.448. The third-order valence-corrected chi connectivity index (χ3v) is 3.95. The second-order valence-corrected chi connectivity index (χ2v) is 5.28. The smallest absolute Gasteiger partial charge is 0.0115 e. The molecule has 9 heavy (non-hydrogen) atoms. The Morgan fingerprint density at radius 3 is 2.11 bits per heavy atom. The van der Waals surface area contributed by atoms with E-state index in [1.165, 1.54) is 19.3 Å². The van der Waals surface area contributed by atoms with Crippen LogP contribution >= 0.6 is 22.6 Å². The van der Waals surface area contributed by atoms with E-state index in [0.29, 0.717) is 0 Å². The molecule has 0 aromatic heterocycles. The summed E-state index contributed by atoms with van der Waals surface area (Å²) in [4.78, 5) is 0. The topological polar surface area (TPSA) is 0 Å². The lowest BCUT2D eigenvalue weighted by Crippen LogP contribution is -1.95. The molecule has 2 fully saturated rings. The molecule has 0 spiro atoms. The van der Waals surface area contributed by atoms with Crippen LogP contribution in [0.25, 0.3) is 0 Å². The van der Waals surface area contributed by atoms with Crippen molar-refractivity contribution in [3.8, 4) is 0 Å². The third-order valence-electron chi connectivity index (χ3n) is 2.93. The van der Waals surface area contributed by atoms with Crippen molar-refractivity contribution in [1.82, 2.24) is 0 Å².